The highest BCUT2D eigenvalue weighted by atomic mass is 35.5. The van der Waals surface area contributed by atoms with E-state index in [-0.39, 0.29) is 15.9 Å². The van der Waals surface area contributed by atoms with Crippen LogP contribution in [0.5, 0.6) is 0 Å². The molecule has 0 unspecified atom stereocenters. The number of rotatable bonds is 4. The fourth-order valence-corrected chi connectivity index (χ4v) is 1.65. The molecule has 0 spiro atoms. The molecule has 0 aliphatic carbocycles. The van der Waals surface area contributed by atoms with Gasteiger partial charge in [0.2, 0.25) is 0 Å². The first kappa shape index (κ1) is 15.8. The van der Waals surface area contributed by atoms with Gasteiger partial charge in [0.15, 0.2) is 23.6 Å². The van der Waals surface area contributed by atoms with Crippen molar-refractivity contribution >= 4 is 23.6 Å². The summed E-state index contributed by atoms with van der Waals surface area (Å²) in [5, 5.41) is 0. The molecule has 0 fully saturated rings. The van der Waals surface area contributed by atoms with Crippen molar-refractivity contribution in [1.82, 2.24) is 0 Å². The second-order valence-electron chi connectivity index (χ2n) is 3.87. The Kier molecular flexibility index (Phi) is 7.09. The Hall–Kier alpha value is -0.210. The highest BCUT2D eigenvalue weighted by Crippen LogP contribution is 2.22. The van der Waals surface area contributed by atoms with Gasteiger partial charge < -0.3 is 12.4 Å². The summed E-state index contributed by atoms with van der Waals surface area (Å²) in [5.41, 5.74) is 2.37. The van der Waals surface area contributed by atoms with Crippen molar-refractivity contribution < 1.29 is 15.9 Å². The molecule has 4 heteroatoms. The standard InChI is InChI=1S/C12H16Cl2N.ClH/c1-11(2)8-9-15(13,14)10-12-6-4-3-5-7-12;/h3-8H,9-10H2,1-2H3;1H/q+1;/p-1. The van der Waals surface area contributed by atoms with Gasteiger partial charge in [0.1, 0.15) is 13.1 Å². The number of nitrogens with zero attached hydrogens (tertiary/aromatic N) is 1. The maximum atomic E-state index is 6.17. The Balaban J connectivity index is 0.00000225. The second-order valence-corrected chi connectivity index (χ2v) is 5.34. The van der Waals surface area contributed by atoms with Gasteiger partial charge >= 0.3 is 0 Å². The lowest BCUT2D eigenvalue weighted by molar-refractivity contribution is -0.698. The zero-order valence-corrected chi connectivity index (χ0v) is 11.7. The van der Waals surface area contributed by atoms with Crippen LogP contribution in [0.3, 0.4) is 0 Å². The first-order valence-electron chi connectivity index (χ1n) is 4.93. The molecule has 1 rings (SSSR count). The minimum atomic E-state index is -0.0464. The Morgan fingerprint density at radius 1 is 1.19 bits per heavy atom. The zero-order chi connectivity index (χ0) is 11.3. The summed E-state index contributed by atoms with van der Waals surface area (Å²) in [7, 11) is 0. The Morgan fingerprint density at radius 3 is 2.25 bits per heavy atom. The Labute approximate surface area is 114 Å². The molecule has 0 radical (unpaired) electrons. The molecule has 0 aliphatic heterocycles. The molecule has 1 aromatic rings. The third-order valence-corrected chi connectivity index (χ3v) is 2.54. The van der Waals surface area contributed by atoms with E-state index in [1.54, 1.807) is 0 Å². The van der Waals surface area contributed by atoms with E-state index in [4.69, 9.17) is 23.6 Å². The molecular formula is C12H16Cl3N. The molecule has 1 nitrogen and oxygen atoms in total. The lowest BCUT2D eigenvalue weighted by Crippen LogP contribution is -3.00. The van der Waals surface area contributed by atoms with Gasteiger partial charge in [0, 0.05) is 5.56 Å². The molecule has 0 heterocycles. The lowest BCUT2D eigenvalue weighted by Gasteiger charge is -2.17. The van der Waals surface area contributed by atoms with E-state index in [1.165, 1.54) is 5.57 Å². The van der Waals surface area contributed by atoms with Crippen LogP contribution >= 0.6 is 23.6 Å². The van der Waals surface area contributed by atoms with E-state index < -0.39 is 0 Å². The van der Waals surface area contributed by atoms with Gasteiger partial charge in [-0.05, 0) is 19.9 Å². The molecule has 0 N–H and O–H groups in total. The normalized spacial score (nSPS) is 10.5. The van der Waals surface area contributed by atoms with Gasteiger partial charge in [-0.3, -0.25) is 0 Å². The van der Waals surface area contributed by atoms with Crippen LogP contribution in [0.1, 0.15) is 19.4 Å². The topological polar surface area (TPSA) is 0 Å². The smallest absolute Gasteiger partial charge is 0.187 e. The van der Waals surface area contributed by atoms with Crippen molar-refractivity contribution in [1.29, 1.82) is 0 Å². The number of hydrogen-bond donors (Lipinski definition) is 0. The second kappa shape index (κ2) is 7.18. The average Bonchev–Trinajstić information content (AvgIpc) is 2.16. The van der Waals surface area contributed by atoms with E-state index in [0.29, 0.717) is 13.1 Å². The molecule has 0 bridgehead atoms. The number of allylic oxidation sites excluding steroid dienone is 1. The average molecular weight is 281 g/mol. The summed E-state index contributed by atoms with van der Waals surface area (Å²) >= 11 is 12.3. The van der Waals surface area contributed by atoms with E-state index in [9.17, 15) is 0 Å². The number of halogens is 3. The van der Waals surface area contributed by atoms with Gasteiger partial charge in [-0.15, -0.1) is 3.52 Å². The molecule has 0 saturated heterocycles. The molecule has 0 aliphatic rings. The minimum Gasteiger partial charge on any atom is -1.00 e. The quantitative estimate of drug-likeness (QED) is 0.576. The minimum absolute atomic E-state index is 0. The predicted molar refractivity (Wildman–Crippen MR) is 66.4 cm³/mol. The molecule has 0 aromatic heterocycles. The fraction of sp³-hybridized carbons (Fsp3) is 0.333. The number of quaternary nitrogens is 1. The molecule has 0 atom stereocenters. The summed E-state index contributed by atoms with van der Waals surface area (Å²) in [6.07, 6.45) is 2.04. The third kappa shape index (κ3) is 6.39. The monoisotopic (exact) mass is 279 g/mol. The number of hydrogen-bond acceptors (Lipinski definition) is 0. The SMILES string of the molecule is CC(C)=CC[N+](Cl)(Cl)Cc1ccccc1.[Cl-]. The summed E-state index contributed by atoms with van der Waals surface area (Å²) in [4.78, 5) is 0. The summed E-state index contributed by atoms with van der Waals surface area (Å²) in [5.74, 6) is 0. The van der Waals surface area contributed by atoms with E-state index in [0.717, 1.165) is 5.56 Å². The third-order valence-electron chi connectivity index (χ3n) is 2.02. The van der Waals surface area contributed by atoms with Gasteiger partial charge in [-0.25, -0.2) is 0 Å². The van der Waals surface area contributed by atoms with Crippen molar-refractivity contribution in [2.45, 2.75) is 20.4 Å². The summed E-state index contributed by atoms with van der Waals surface area (Å²) in [6.45, 7) is 5.32. The van der Waals surface area contributed by atoms with Crippen LogP contribution in [-0.4, -0.2) is 10.1 Å². The molecule has 90 valence electrons. The maximum absolute atomic E-state index is 6.17. The maximum Gasteiger partial charge on any atom is 0.187 e. The van der Waals surface area contributed by atoms with Crippen molar-refractivity contribution in [2.24, 2.45) is 0 Å². The van der Waals surface area contributed by atoms with Crippen LogP contribution in [0.4, 0.5) is 0 Å². The van der Waals surface area contributed by atoms with Crippen LogP contribution < -0.4 is 12.4 Å². The van der Waals surface area contributed by atoms with Gasteiger partial charge in [0.25, 0.3) is 0 Å². The molecule has 1 aromatic carbocycles. The van der Waals surface area contributed by atoms with Crippen LogP contribution in [0, 0.1) is 0 Å². The van der Waals surface area contributed by atoms with Crippen molar-refractivity contribution in [3.8, 4) is 0 Å². The van der Waals surface area contributed by atoms with Gasteiger partial charge in [-0.2, -0.15) is 0 Å². The van der Waals surface area contributed by atoms with Crippen molar-refractivity contribution in [3.05, 3.63) is 47.5 Å². The predicted octanol–water partition coefficient (Wildman–Crippen LogP) is 1.28. The highest BCUT2D eigenvalue weighted by Gasteiger charge is 2.22. The fourth-order valence-electron chi connectivity index (χ4n) is 1.23. The van der Waals surface area contributed by atoms with Gasteiger partial charge in [-0.1, -0.05) is 35.9 Å². The molecule has 16 heavy (non-hydrogen) atoms. The van der Waals surface area contributed by atoms with Crippen LogP contribution in [0.25, 0.3) is 0 Å². The zero-order valence-electron chi connectivity index (χ0n) is 9.46. The molecule has 0 saturated carbocycles. The van der Waals surface area contributed by atoms with E-state index in [1.807, 2.05) is 50.3 Å². The molecule has 0 amide bonds. The summed E-state index contributed by atoms with van der Waals surface area (Å²) < 4.78 is -0.0464. The van der Waals surface area contributed by atoms with Crippen LogP contribution in [0.2, 0.25) is 0 Å². The largest absolute Gasteiger partial charge is 1.00 e. The van der Waals surface area contributed by atoms with E-state index >= 15 is 0 Å². The first-order valence-corrected chi connectivity index (χ1v) is 5.61. The van der Waals surface area contributed by atoms with Gasteiger partial charge in [0.05, 0.1) is 0 Å². The number of benzene rings is 1. The van der Waals surface area contributed by atoms with Crippen LogP contribution in [0.15, 0.2) is 42.0 Å². The molecular weight excluding hydrogens is 264 g/mol. The van der Waals surface area contributed by atoms with Crippen molar-refractivity contribution in [2.75, 3.05) is 6.54 Å². The van der Waals surface area contributed by atoms with Crippen molar-refractivity contribution in [3.63, 3.8) is 0 Å². The van der Waals surface area contributed by atoms with E-state index in [2.05, 4.69) is 0 Å². The Morgan fingerprint density at radius 2 is 1.75 bits per heavy atom. The first-order chi connectivity index (χ1) is 6.99. The highest BCUT2D eigenvalue weighted by molar-refractivity contribution is 6.23. The Bertz CT molecular complexity index is 329. The van der Waals surface area contributed by atoms with Crippen LogP contribution in [-0.2, 0) is 6.54 Å². The summed E-state index contributed by atoms with van der Waals surface area (Å²) in [6, 6.07) is 10.0. The lowest BCUT2D eigenvalue weighted by atomic mass is 10.2.